The number of para-hydroxylation sites is 1. The van der Waals surface area contributed by atoms with Crippen LogP contribution in [0.4, 0.5) is 5.69 Å². The fourth-order valence-electron chi connectivity index (χ4n) is 2.84. The van der Waals surface area contributed by atoms with Crippen LogP contribution in [0.2, 0.25) is 0 Å². The highest BCUT2D eigenvalue weighted by atomic mass is 79.9. The molecule has 0 bridgehead atoms. The Morgan fingerprint density at radius 3 is 2.45 bits per heavy atom. The summed E-state index contributed by atoms with van der Waals surface area (Å²) in [6.07, 6.45) is 0. The third-order valence-electron chi connectivity index (χ3n) is 3.79. The van der Waals surface area contributed by atoms with Gasteiger partial charge in [-0.05, 0) is 30.9 Å². The van der Waals surface area contributed by atoms with Gasteiger partial charge in [0.2, 0.25) is 0 Å². The molecule has 108 valence electrons. The van der Waals surface area contributed by atoms with Crippen LogP contribution in [0.5, 0.6) is 0 Å². The Bertz CT molecular complexity index is 554. The van der Waals surface area contributed by atoms with Crippen LogP contribution in [0.25, 0.3) is 11.1 Å². The Morgan fingerprint density at radius 2 is 1.80 bits per heavy atom. The summed E-state index contributed by atoms with van der Waals surface area (Å²) < 4.78 is 0. The molecule has 2 aromatic rings. The van der Waals surface area contributed by atoms with Crippen molar-refractivity contribution >= 4 is 34.0 Å². The number of benzene rings is 1. The van der Waals surface area contributed by atoms with Crippen molar-refractivity contribution in [1.82, 2.24) is 5.32 Å². The van der Waals surface area contributed by atoms with Crippen molar-refractivity contribution in [1.29, 1.82) is 0 Å². The largest absolute Gasteiger partial charge is 0.368 e. The average molecular weight is 353 g/mol. The van der Waals surface area contributed by atoms with Crippen molar-refractivity contribution in [3.8, 4) is 11.1 Å². The first kappa shape index (κ1) is 15.5. The van der Waals surface area contributed by atoms with Crippen LogP contribution >= 0.6 is 28.3 Å². The summed E-state index contributed by atoms with van der Waals surface area (Å²) in [6.45, 7) is 8.79. The van der Waals surface area contributed by atoms with Gasteiger partial charge in [-0.2, -0.15) is 0 Å². The topological polar surface area (TPSA) is 15.3 Å². The number of hydrogen-bond acceptors (Lipinski definition) is 3. The molecule has 1 aromatic carbocycles. The molecule has 1 saturated heterocycles. The molecule has 1 aliphatic heterocycles. The predicted molar refractivity (Wildman–Crippen MR) is 94.6 cm³/mol. The SMILES string of the molecule is Br.Cc1csc(C)c1-c1ccccc1N1CCNCC1. The Kier molecular flexibility index (Phi) is 5.24. The summed E-state index contributed by atoms with van der Waals surface area (Å²) in [5.74, 6) is 0. The summed E-state index contributed by atoms with van der Waals surface area (Å²) in [5.41, 5.74) is 5.60. The van der Waals surface area contributed by atoms with Gasteiger partial charge in [0, 0.05) is 47.9 Å². The normalized spacial score (nSPS) is 15.0. The van der Waals surface area contributed by atoms with Crippen LogP contribution in [0.1, 0.15) is 10.4 Å². The van der Waals surface area contributed by atoms with Crippen molar-refractivity contribution < 1.29 is 0 Å². The number of halogens is 1. The van der Waals surface area contributed by atoms with E-state index in [4.69, 9.17) is 0 Å². The molecule has 1 aromatic heterocycles. The summed E-state index contributed by atoms with van der Waals surface area (Å²) in [6, 6.07) is 8.83. The highest BCUT2D eigenvalue weighted by Gasteiger charge is 2.17. The third kappa shape index (κ3) is 2.92. The molecule has 20 heavy (non-hydrogen) atoms. The Balaban J connectivity index is 0.00000147. The van der Waals surface area contributed by atoms with E-state index in [9.17, 15) is 0 Å². The fraction of sp³-hybridized carbons (Fsp3) is 0.375. The number of aryl methyl sites for hydroxylation is 2. The number of thiophene rings is 1. The highest BCUT2D eigenvalue weighted by molar-refractivity contribution is 8.93. The lowest BCUT2D eigenvalue weighted by Crippen LogP contribution is -2.43. The van der Waals surface area contributed by atoms with E-state index in [1.807, 2.05) is 11.3 Å². The molecule has 0 amide bonds. The summed E-state index contributed by atoms with van der Waals surface area (Å²) in [5, 5.41) is 5.68. The number of piperazine rings is 1. The summed E-state index contributed by atoms with van der Waals surface area (Å²) in [4.78, 5) is 3.92. The van der Waals surface area contributed by atoms with Crippen LogP contribution in [-0.2, 0) is 0 Å². The van der Waals surface area contributed by atoms with Crippen LogP contribution in [0.3, 0.4) is 0 Å². The third-order valence-corrected chi connectivity index (χ3v) is 4.82. The summed E-state index contributed by atoms with van der Waals surface area (Å²) >= 11 is 1.85. The van der Waals surface area contributed by atoms with E-state index < -0.39 is 0 Å². The van der Waals surface area contributed by atoms with E-state index in [0.717, 1.165) is 26.2 Å². The predicted octanol–water partition coefficient (Wildman–Crippen LogP) is 4.02. The van der Waals surface area contributed by atoms with Gasteiger partial charge in [-0.15, -0.1) is 28.3 Å². The van der Waals surface area contributed by atoms with Crippen molar-refractivity contribution in [3.05, 3.63) is 40.1 Å². The minimum atomic E-state index is 0. The molecule has 0 aliphatic carbocycles. The van der Waals surface area contributed by atoms with Gasteiger partial charge in [0.15, 0.2) is 0 Å². The first-order chi connectivity index (χ1) is 9.27. The lowest BCUT2D eigenvalue weighted by molar-refractivity contribution is 0.589. The van der Waals surface area contributed by atoms with Gasteiger partial charge in [0.05, 0.1) is 0 Å². The zero-order valence-electron chi connectivity index (χ0n) is 12.0. The zero-order valence-corrected chi connectivity index (χ0v) is 14.5. The maximum Gasteiger partial charge on any atom is 0.0447 e. The Hall–Kier alpha value is -0.840. The number of nitrogens with one attached hydrogen (secondary N) is 1. The van der Waals surface area contributed by atoms with Gasteiger partial charge in [-0.1, -0.05) is 18.2 Å². The molecule has 0 spiro atoms. The highest BCUT2D eigenvalue weighted by Crippen LogP contribution is 2.37. The van der Waals surface area contributed by atoms with Crippen LogP contribution in [0, 0.1) is 13.8 Å². The minimum absolute atomic E-state index is 0. The number of rotatable bonds is 2. The van der Waals surface area contributed by atoms with Crippen LogP contribution < -0.4 is 10.2 Å². The maximum atomic E-state index is 3.42. The Morgan fingerprint density at radius 1 is 1.10 bits per heavy atom. The van der Waals surface area contributed by atoms with E-state index in [1.165, 1.54) is 27.3 Å². The fourth-order valence-corrected chi connectivity index (χ4v) is 3.70. The van der Waals surface area contributed by atoms with E-state index in [-0.39, 0.29) is 17.0 Å². The second-order valence-corrected chi connectivity index (χ2v) is 6.19. The molecule has 0 unspecified atom stereocenters. The molecular weight excluding hydrogens is 332 g/mol. The number of hydrogen-bond donors (Lipinski definition) is 1. The molecule has 2 nitrogen and oxygen atoms in total. The van der Waals surface area contributed by atoms with Crippen LogP contribution in [0.15, 0.2) is 29.6 Å². The second-order valence-electron chi connectivity index (χ2n) is 5.10. The minimum Gasteiger partial charge on any atom is -0.368 e. The number of anilines is 1. The molecule has 0 saturated carbocycles. The van der Waals surface area contributed by atoms with E-state index >= 15 is 0 Å². The van der Waals surface area contributed by atoms with Crippen molar-refractivity contribution in [2.45, 2.75) is 13.8 Å². The molecule has 0 radical (unpaired) electrons. The van der Waals surface area contributed by atoms with Crippen LogP contribution in [-0.4, -0.2) is 26.2 Å². The van der Waals surface area contributed by atoms with Gasteiger partial charge < -0.3 is 10.2 Å². The monoisotopic (exact) mass is 352 g/mol. The Labute approximate surface area is 135 Å². The van der Waals surface area contributed by atoms with E-state index in [1.54, 1.807) is 0 Å². The molecule has 4 heteroatoms. The molecule has 3 rings (SSSR count). The van der Waals surface area contributed by atoms with Gasteiger partial charge in [-0.25, -0.2) is 0 Å². The first-order valence-corrected chi connectivity index (χ1v) is 7.75. The molecule has 1 fully saturated rings. The molecule has 1 N–H and O–H groups in total. The molecule has 0 atom stereocenters. The smallest absolute Gasteiger partial charge is 0.0447 e. The summed E-state index contributed by atoms with van der Waals surface area (Å²) in [7, 11) is 0. The molecule has 1 aliphatic rings. The van der Waals surface area contributed by atoms with Gasteiger partial charge in [-0.3, -0.25) is 0 Å². The van der Waals surface area contributed by atoms with E-state index in [0.29, 0.717) is 0 Å². The van der Waals surface area contributed by atoms with E-state index in [2.05, 4.69) is 53.7 Å². The standard InChI is InChI=1S/C16H20N2S.BrH/c1-12-11-19-13(2)16(12)14-5-3-4-6-15(14)18-9-7-17-8-10-18;/h3-6,11,17H,7-10H2,1-2H3;1H. The lowest BCUT2D eigenvalue weighted by Gasteiger charge is -2.31. The zero-order chi connectivity index (χ0) is 13.2. The molecule has 2 heterocycles. The quantitative estimate of drug-likeness (QED) is 0.877. The average Bonchev–Trinajstić information content (AvgIpc) is 2.79. The van der Waals surface area contributed by atoms with Crippen molar-refractivity contribution in [2.75, 3.05) is 31.1 Å². The van der Waals surface area contributed by atoms with Gasteiger partial charge >= 0.3 is 0 Å². The van der Waals surface area contributed by atoms with Crippen molar-refractivity contribution in [2.24, 2.45) is 0 Å². The number of nitrogens with zero attached hydrogens (tertiary/aromatic N) is 1. The maximum absolute atomic E-state index is 3.42. The van der Waals surface area contributed by atoms with Gasteiger partial charge in [0.1, 0.15) is 0 Å². The lowest BCUT2D eigenvalue weighted by atomic mass is 10.00. The first-order valence-electron chi connectivity index (χ1n) is 6.87. The van der Waals surface area contributed by atoms with Gasteiger partial charge in [0.25, 0.3) is 0 Å². The van der Waals surface area contributed by atoms with Crippen molar-refractivity contribution in [3.63, 3.8) is 0 Å². The molecular formula is C16H21BrN2S. The second kappa shape index (κ2) is 6.74.